The quantitative estimate of drug-likeness (QED) is 0.775. The molecule has 0 aromatic heterocycles. The fourth-order valence-electron chi connectivity index (χ4n) is 2.16. The van der Waals surface area contributed by atoms with Crippen LogP contribution in [0.2, 0.25) is 0 Å². The van der Waals surface area contributed by atoms with E-state index in [1.165, 1.54) is 0 Å². The Hall–Kier alpha value is -0.850. The summed E-state index contributed by atoms with van der Waals surface area (Å²) in [6, 6.07) is 0. The lowest BCUT2D eigenvalue weighted by Gasteiger charge is -2.31. The largest absolute Gasteiger partial charge is 0.335 e. The van der Waals surface area contributed by atoms with Crippen LogP contribution in [0.5, 0.6) is 0 Å². The van der Waals surface area contributed by atoms with E-state index in [4.69, 9.17) is 5.73 Å². The first-order chi connectivity index (χ1) is 8.35. The van der Waals surface area contributed by atoms with Crippen molar-refractivity contribution in [3.05, 3.63) is 0 Å². The van der Waals surface area contributed by atoms with Crippen LogP contribution in [0.1, 0.15) is 25.7 Å². The molecule has 0 aromatic carbocycles. The standard InChI is InChI=1S/C11H18F4N2O/c12-9(13)7-17(6-5-16)10(18)8-1-3-11(14,15)4-2-8/h8-9H,1-7,16H2. The summed E-state index contributed by atoms with van der Waals surface area (Å²) in [5.74, 6) is -3.77. The maximum absolute atomic E-state index is 12.9. The highest BCUT2D eigenvalue weighted by molar-refractivity contribution is 5.79. The van der Waals surface area contributed by atoms with Crippen molar-refractivity contribution < 1.29 is 22.4 Å². The van der Waals surface area contributed by atoms with Crippen LogP contribution in [0.25, 0.3) is 0 Å². The summed E-state index contributed by atoms with van der Waals surface area (Å²) >= 11 is 0. The second-order valence-electron chi connectivity index (χ2n) is 4.59. The zero-order valence-corrected chi connectivity index (χ0v) is 10.0. The lowest BCUT2D eigenvalue weighted by Crippen LogP contribution is -2.43. The summed E-state index contributed by atoms with van der Waals surface area (Å²) in [5, 5.41) is 0. The Balaban J connectivity index is 2.55. The molecule has 0 atom stereocenters. The van der Waals surface area contributed by atoms with Crippen molar-refractivity contribution in [1.29, 1.82) is 0 Å². The number of hydrogen-bond acceptors (Lipinski definition) is 2. The van der Waals surface area contributed by atoms with Crippen LogP contribution in [0.15, 0.2) is 0 Å². The highest BCUT2D eigenvalue weighted by Crippen LogP contribution is 2.36. The fourth-order valence-corrected chi connectivity index (χ4v) is 2.16. The first kappa shape index (κ1) is 15.2. The molecule has 0 aliphatic heterocycles. The monoisotopic (exact) mass is 270 g/mol. The zero-order valence-electron chi connectivity index (χ0n) is 10.0. The number of rotatable bonds is 5. The number of nitrogens with zero attached hydrogens (tertiary/aromatic N) is 1. The van der Waals surface area contributed by atoms with Crippen LogP contribution in [-0.4, -0.2) is 42.8 Å². The Kier molecular flexibility index (Phi) is 5.37. The minimum absolute atomic E-state index is 0.0378. The van der Waals surface area contributed by atoms with Gasteiger partial charge in [-0.25, -0.2) is 17.6 Å². The van der Waals surface area contributed by atoms with Gasteiger partial charge in [0.05, 0.1) is 6.54 Å². The minimum Gasteiger partial charge on any atom is -0.335 e. The van der Waals surface area contributed by atoms with E-state index in [1.807, 2.05) is 0 Å². The molecular formula is C11H18F4N2O. The van der Waals surface area contributed by atoms with E-state index in [0.29, 0.717) is 0 Å². The van der Waals surface area contributed by atoms with E-state index in [-0.39, 0.29) is 38.8 Å². The summed E-state index contributed by atoms with van der Waals surface area (Å²) < 4.78 is 50.5. The summed E-state index contributed by atoms with van der Waals surface area (Å²) in [7, 11) is 0. The molecule has 1 aliphatic carbocycles. The van der Waals surface area contributed by atoms with Gasteiger partial charge in [-0.1, -0.05) is 0 Å². The van der Waals surface area contributed by atoms with E-state index in [9.17, 15) is 22.4 Å². The topological polar surface area (TPSA) is 46.3 Å². The molecule has 0 unspecified atom stereocenters. The number of hydrogen-bond donors (Lipinski definition) is 1. The first-order valence-corrected chi connectivity index (χ1v) is 6.00. The van der Waals surface area contributed by atoms with Crippen molar-refractivity contribution in [2.24, 2.45) is 11.7 Å². The van der Waals surface area contributed by atoms with Gasteiger partial charge in [0.25, 0.3) is 6.43 Å². The van der Waals surface area contributed by atoms with Gasteiger partial charge in [0.1, 0.15) is 0 Å². The molecule has 0 spiro atoms. The van der Waals surface area contributed by atoms with Crippen LogP contribution < -0.4 is 5.73 Å². The number of carbonyl (C=O) groups is 1. The van der Waals surface area contributed by atoms with E-state index in [1.54, 1.807) is 0 Å². The molecule has 1 saturated carbocycles. The number of nitrogens with two attached hydrogens (primary N) is 1. The van der Waals surface area contributed by atoms with E-state index < -0.39 is 30.7 Å². The van der Waals surface area contributed by atoms with Gasteiger partial charge >= 0.3 is 0 Å². The van der Waals surface area contributed by atoms with Crippen LogP contribution in [-0.2, 0) is 4.79 Å². The maximum Gasteiger partial charge on any atom is 0.255 e. The van der Waals surface area contributed by atoms with Gasteiger partial charge in [-0.3, -0.25) is 4.79 Å². The van der Waals surface area contributed by atoms with Crippen molar-refractivity contribution in [3.8, 4) is 0 Å². The first-order valence-electron chi connectivity index (χ1n) is 6.00. The third-order valence-corrected chi connectivity index (χ3v) is 3.14. The smallest absolute Gasteiger partial charge is 0.255 e. The van der Waals surface area contributed by atoms with Gasteiger partial charge in [-0.05, 0) is 12.8 Å². The molecule has 1 rings (SSSR count). The van der Waals surface area contributed by atoms with Gasteiger partial charge < -0.3 is 10.6 Å². The molecule has 1 amide bonds. The molecular weight excluding hydrogens is 252 g/mol. The lowest BCUT2D eigenvalue weighted by molar-refractivity contribution is -0.141. The highest BCUT2D eigenvalue weighted by Gasteiger charge is 2.38. The van der Waals surface area contributed by atoms with Crippen molar-refractivity contribution in [3.63, 3.8) is 0 Å². The van der Waals surface area contributed by atoms with Crippen LogP contribution >= 0.6 is 0 Å². The summed E-state index contributed by atoms with van der Waals surface area (Å²) in [5.41, 5.74) is 5.26. The molecule has 0 aromatic rings. The Morgan fingerprint density at radius 1 is 1.33 bits per heavy atom. The van der Waals surface area contributed by atoms with Gasteiger partial charge in [-0.2, -0.15) is 0 Å². The van der Waals surface area contributed by atoms with Crippen molar-refractivity contribution in [1.82, 2.24) is 4.90 Å². The second-order valence-corrected chi connectivity index (χ2v) is 4.59. The molecule has 3 nitrogen and oxygen atoms in total. The number of alkyl halides is 4. The third-order valence-electron chi connectivity index (χ3n) is 3.14. The predicted molar refractivity (Wildman–Crippen MR) is 58.5 cm³/mol. The van der Waals surface area contributed by atoms with Crippen LogP contribution in [0.4, 0.5) is 17.6 Å². The van der Waals surface area contributed by atoms with Crippen molar-refractivity contribution in [2.45, 2.75) is 38.0 Å². The van der Waals surface area contributed by atoms with Crippen LogP contribution in [0.3, 0.4) is 0 Å². The van der Waals surface area contributed by atoms with Gasteiger partial charge in [-0.15, -0.1) is 0 Å². The Morgan fingerprint density at radius 3 is 2.33 bits per heavy atom. The Labute approximate surface area is 103 Å². The normalized spacial score (nSPS) is 20.1. The number of carbonyl (C=O) groups excluding carboxylic acids is 1. The van der Waals surface area contributed by atoms with Crippen LogP contribution in [0, 0.1) is 5.92 Å². The highest BCUT2D eigenvalue weighted by atomic mass is 19.3. The zero-order chi connectivity index (χ0) is 13.8. The summed E-state index contributed by atoms with van der Waals surface area (Å²) in [4.78, 5) is 12.9. The number of halogens is 4. The van der Waals surface area contributed by atoms with Crippen molar-refractivity contribution in [2.75, 3.05) is 19.6 Å². The Morgan fingerprint density at radius 2 is 1.89 bits per heavy atom. The molecule has 1 fully saturated rings. The van der Waals surface area contributed by atoms with Crippen molar-refractivity contribution >= 4 is 5.91 Å². The summed E-state index contributed by atoms with van der Waals surface area (Å²) in [6.45, 7) is -0.555. The molecule has 0 heterocycles. The SMILES string of the molecule is NCCN(CC(F)F)C(=O)C1CCC(F)(F)CC1. The molecule has 1 aliphatic rings. The average molecular weight is 270 g/mol. The number of amides is 1. The molecule has 7 heteroatoms. The molecule has 0 bridgehead atoms. The van der Waals surface area contributed by atoms with E-state index >= 15 is 0 Å². The average Bonchev–Trinajstić information content (AvgIpc) is 2.27. The molecule has 18 heavy (non-hydrogen) atoms. The minimum atomic E-state index is -2.72. The summed E-state index contributed by atoms with van der Waals surface area (Å²) in [6.07, 6.45) is -3.24. The molecule has 2 N–H and O–H groups in total. The fraction of sp³-hybridized carbons (Fsp3) is 0.909. The van der Waals surface area contributed by atoms with Gasteiger partial charge in [0.2, 0.25) is 11.8 Å². The molecule has 0 radical (unpaired) electrons. The van der Waals surface area contributed by atoms with Gasteiger partial charge in [0.15, 0.2) is 0 Å². The predicted octanol–water partition coefficient (Wildman–Crippen LogP) is 1.86. The molecule has 0 saturated heterocycles. The Bertz CT molecular complexity index is 276. The maximum atomic E-state index is 12.9. The van der Waals surface area contributed by atoms with Gasteiger partial charge in [0, 0.05) is 31.8 Å². The van der Waals surface area contributed by atoms with E-state index in [0.717, 1.165) is 4.90 Å². The third kappa shape index (κ3) is 4.44. The lowest BCUT2D eigenvalue weighted by atomic mass is 9.86. The van der Waals surface area contributed by atoms with E-state index in [2.05, 4.69) is 0 Å². The molecule has 106 valence electrons. The second kappa shape index (κ2) is 6.36.